The molecular formula is C19H32N4O2. The maximum atomic E-state index is 11.7. The molecule has 3 N–H and O–H groups in total. The van der Waals surface area contributed by atoms with E-state index in [0.29, 0.717) is 5.92 Å². The highest BCUT2D eigenvalue weighted by atomic mass is 16.6. The van der Waals surface area contributed by atoms with Gasteiger partial charge in [-0.2, -0.15) is 0 Å². The first-order valence-electron chi connectivity index (χ1n) is 8.73. The fourth-order valence-electron chi connectivity index (χ4n) is 2.02. The number of carbonyl (C=O) groups is 1. The first kappa shape index (κ1) is 20.8. The molecule has 0 atom stereocenters. The van der Waals surface area contributed by atoms with E-state index >= 15 is 0 Å². The van der Waals surface area contributed by atoms with E-state index in [0.717, 1.165) is 31.2 Å². The third-order valence-corrected chi connectivity index (χ3v) is 3.21. The summed E-state index contributed by atoms with van der Waals surface area (Å²) in [5, 5.41) is 9.31. The molecule has 0 spiro atoms. The number of hydrogen-bond acceptors (Lipinski definition) is 3. The summed E-state index contributed by atoms with van der Waals surface area (Å²) in [4.78, 5) is 15.9. The Balaban J connectivity index is 2.40. The quantitative estimate of drug-likeness (QED) is 0.544. The number of ether oxygens (including phenoxy) is 1. The minimum Gasteiger partial charge on any atom is -0.444 e. The molecule has 6 heteroatoms. The van der Waals surface area contributed by atoms with E-state index in [4.69, 9.17) is 4.74 Å². The molecule has 0 aliphatic rings. The first-order valence-corrected chi connectivity index (χ1v) is 8.73. The Hall–Kier alpha value is -2.24. The Morgan fingerprint density at radius 3 is 2.32 bits per heavy atom. The highest BCUT2D eigenvalue weighted by Crippen LogP contribution is 2.13. The lowest BCUT2D eigenvalue weighted by Crippen LogP contribution is -2.39. The van der Waals surface area contributed by atoms with Gasteiger partial charge in [0.05, 0.1) is 0 Å². The lowest BCUT2D eigenvalue weighted by atomic mass is 10.1. The largest absolute Gasteiger partial charge is 0.444 e. The van der Waals surface area contributed by atoms with Gasteiger partial charge in [-0.3, -0.25) is 10.3 Å². The Kier molecular flexibility index (Phi) is 8.25. The Bertz CT molecular complexity index is 560. The zero-order valence-electron chi connectivity index (χ0n) is 16.3. The normalized spacial score (nSPS) is 12.0. The van der Waals surface area contributed by atoms with Gasteiger partial charge in [0.25, 0.3) is 0 Å². The van der Waals surface area contributed by atoms with Gasteiger partial charge in [0.1, 0.15) is 5.60 Å². The van der Waals surface area contributed by atoms with Crippen LogP contribution in [-0.4, -0.2) is 37.8 Å². The van der Waals surface area contributed by atoms with Gasteiger partial charge in [0.15, 0.2) is 5.96 Å². The van der Waals surface area contributed by atoms with Crippen LogP contribution in [0.5, 0.6) is 0 Å². The van der Waals surface area contributed by atoms with Crippen LogP contribution in [0.1, 0.15) is 40.2 Å². The molecule has 0 heterocycles. The van der Waals surface area contributed by atoms with Crippen molar-refractivity contribution in [3.8, 4) is 0 Å². The molecule has 1 amide bonds. The molecule has 0 aliphatic carbocycles. The molecule has 0 aliphatic heterocycles. The van der Waals surface area contributed by atoms with Crippen LogP contribution in [0.15, 0.2) is 29.3 Å². The van der Waals surface area contributed by atoms with Crippen LogP contribution in [0.25, 0.3) is 0 Å². The van der Waals surface area contributed by atoms with Crippen LogP contribution in [0.2, 0.25) is 0 Å². The molecule has 6 nitrogen and oxygen atoms in total. The van der Waals surface area contributed by atoms with Crippen LogP contribution in [0.4, 0.5) is 10.5 Å². The first-order chi connectivity index (χ1) is 11.7. The molecule has 25 heavy (non-hydrogen) atoms. The molecular weight excluding hydrogens is 316 g/mol. The predicted octanol–water partition coefficient (Wildman–Crippen LogP) is 3.40. The maximum Gasteiger partial charge on any atom is 0.412 e. The number of carbonyl (C=O) groups excluding carboxylic acids is 1. The highest BCUT2D eigenvalue weighted by molar-refractivity contribution is 5.84. The second kappa shape index (κ2) is 9.91. The fraction of sp³-hybridized carbons (Fsp3) is 0.579. The summed E-state index contributed by atoms with van der Waals surface area (Å²) in [6, 6.07) is 7.76. The number of anilines is 1. The van der Waals surface area contributed by atoms with Crippen LogP contribution < -0.4 is 16.0 Å². The monoisotopic (exact) mass is 348 g/mol. The molecule has 1 aromatic carbocycles. The Morgan fingerprint density at radius 1 is 1.16 bits per heavy atom. The van der Waals surface area contributed by atoms with Crippen molar-refractivity contribution in [1.82, 2.24) is 10.6 Å². The van der Waals surface area contributed by atoms with E-state index in [2.05, 4.69) is 34.8 Å². The van der Waals surface area contributed by atoms with Gasteiger partial charge in [-0.25, -0.2) is 4.79 Å². The van der Waals surface area contributed by atoms with Crippen molar-refractivity contribution in [2.75, 3.05) is 25.5 Å². The van der Waals surface area contributed by atoms with Crippen LogP contribution in [0.3, 0.4) is 0 Å². The van der Waals surface area contributed by atoms with E-state index in [1.807, 2.05) is 45.0 Å². The number of nitrogens with zero attached hydrogens (tertiary/aromatic N) is 1. The van der Waals surface area contributed by atoms with E-state index in [1.165, 1.54) is 5.56 Å². The van der Waals surface area contributed by atoms with Crippen molar-refractivity contribution in [2.45, 2.75) is 46.6 Å². The number of nitrogens with one attached hydrogen (secondary N) is 3. The molecule has 0 unspecified atom stereocenters. The standard InChI is InChI=1S/C19H32N4O2/c1-14(2)13-22-17(20-6)21-12-11-15-7-9-16(10-8-15)23-18(24)25-19(3,4)5/h7-10,14H,11-13H2,1-6H3,(H,23,24)(H2,20,21,22). The summed E-state index contributed by atoms with van der Waals surface area (Å²) in [7, 11) is 1.77. The van der Waals surface area contributed by atoms with E-state index in [9.17, 15) is 4.79 Å². The SMILES string of the molecule is CN=C(NCCc1ccc(NC(=O)OC(C)(C)C)cc1)NCC(C)C. The van der Waals surface area contributed by atoms with Gasteiger partial charge in [0.2, 0.25) is 0 Å². The van der Waals surface area contributed by atoms with Crippen molar-refractivity contribution >= 4 is 17.7 Å². The number of benzene rings is 1. The molecule has 140 valence electrons. The summed E-state index contributed by atoms with van der Waals surface area (Å²) >= 11 is 0. The predicted molar refractivity (Wildman–Crippen MR) is 104 cm³/mol. The summed E-state index contributed by atoms with van der Waals surface area (Å²) < 4.78 is 5.23. The van der Waals surface area contributed by atoms with Gasteiger partial charge in [-0.05, 0) is 50.8 Å². The second-order valence-electron chi connectivity index (χ2n) is 7.35. The second-order valence-corrected chi connectivity index (χ2v) is 7.35. The summed E-state index contributed by atoms with van der Waals surface area (Å²) in [5.74, 6) is 1.39. The van der Waals surface area contributed by atoms with Gasteiger partial charge in [-0.15, -0.1) is 0 Å². The minimum absolute atomic E-state index is 0.443. The van der Waals surface area contributed by atoms with Crippen molar-refractivity contribution in [3.05, 3.63) is 29.8 Å². The van der Waals surface area contributed by atoms with Gasteiger partial charge in [-0.1, -0.05) is 26.0 Å². The topological polar surface area (TPSA) is 74.8 Å². The number of rotatable bonds is 6. The van der Waals surface area contributed by atoms with Crippen molar-refractivity contribution in [3.63, 3.8) is 0 Å². The molecule has 0 radical (unpaired) electrons. The summed E-state index contributed by atoms with van der Waals surface area (Å²) in [6.45, 7) is 11.5. The number of amides is 1. The lowest BCUT2D eigenvalue weighted by Gasteiger charge is -2.19. The minimum atomic E-state index is -0.502. The number of aliphatic imine (C=N–C) groups is 1. The van der Waals surface area contributed by atoms with E-state index in [-0.39, 0.29) is 0 Å². The average Bonchev–Trinajstić information content (AvgIpc) is 2.50. The molecule has 0 bridgehead atoms. The molecule has 0 saturated heterocycles. The van der Waals surface area contributed by atoms with Crippen LogP contribution in [0, 0.1) is 5.92 Å². The van der Waals surface area contributed by atoms with Crippen LogP contribution in [-0.2, 0) is 11.2 Å². The number of hydrogen-bond donors (Lipinski definition) is 3. The third kappa shape index (κ3) is 9.59. The van der Waals surface area contributed by atoms with E-state index < -0.39 is 11.7 Å². The number of guanidine groups is 1. The smallest absolute Gasteiger partial charge is 0.412 e. The van der Waals surface area contributed by atoms with Crippen molar-refractivity contribution in [2.24, 2.45) is 10.9 Å². The lowest BCUT2D eigenvalue weighted by molar-refractivity contribution is 0.0636. The van der Waals surface area contributed by atoms with E-state index in [1.54, 1.807) is 7.05 Å². The maximum absolute atomic E-state index is 11.7. The third-order valence-electron chi connectivity index (χ3n) is 3.21. The summed E-state index contributed by atoms with van der Waals surface area (Å²) in [6.07, 6.45) is 0.427. The fourth-order valence-corrected chi connectivity index (χ4v) is 2.02. The Morgan fingerprint density at radius 2 is 1.80 bits per heavy atom. The molecule has 1 rings (SSSR count). The highest BCUT2D eigenvalue weighted by Gasteiger charge is 2.16. The van der Waals surface area contributed by atoms with Gasteiger partial charge >= 0.3 is 6.09 Å². The van der Waals surface area contributed by atoms with Crippen molar-refractivity contribution < 1.29 is 9.53 Å². The molecule has 1 aromatic rings. The van der Waals surface area contributed by atoms with Crippen LogP contribution >= 0.6 is 0 Å². The van der Waals surface area contributed by atoms with Gasteiger partial charge in [0, 0.05) is 25.8 Å². The zero-order chi connectivity index (χ0) is 18.9. The Labute approximate surface area is 151 Å². The molecule has 0 fully saturated rings. The summed E-state index contributed by atoms with van der Waals surface area (Å²) in [5.41, 5.74) is 1.40. The molecule has 0 aromatic heterocycles. The average molecular weight is 348 g/mol. The molecule has 0 saturated carbocycles. The zero-order valence-corrected chi connectivity index (χ0v) is 16.3. The van der Waals surface area contributed by atoms with Gasteiger partial charge < -0.3 is 15.4 Å². The van der Waals surface area contributed by atoms with Crippen molar-refractivity contribution in [1.29, 1.82) is 0 Å².